The summed E-state index contributed by atoms with van der Waals surface area (Å²) in [5.74, 6) is 0.326. The minimum atomic E-state index is -3.86. The molecular formula is C20H21N3O4S. The van der Waals surface area contributed by atoms with Crippen molar-refractivity contribution in [2.45, 2.75) is 38.3 Å². The number of Topliss-reactive ketones (excluding diaryl/α,β-unsaturated/α-hetero) is 1. The summed E-state index contributed by atoms with van der Waals surface area (Å²) < 4.78 is 33.2. The smallest absolute Gasteiger partial charge is 0.247 e. The third-order valence-electron chi connectivity index (χ3n) is 4.20. The fraction of sp³-hybridized carbons (Fsp3) is 0.250. The second-order valence-corrected chi connectivity index (χ2v) is 8.49. The Labute approximate surface area is 164 Å². The van der Waals surface area contributed by atoms with Gasteiger partial charge in [0.05, 0.1) is 11.4 Å². The predicted molar refractivity (Wildman–Crippen MR) is 104 cm³/mol. The summed E-state index contributed by atoms with van der Waals surface area (Å²) in [7, 11) is -3.86. The van der Waals surface area contributed by atoms with Gasteiger partial charge in [-0.05, 0) is 45.0 Å². The Morgan fingerprint density at radius 3 is 2.43 bits per heavy atom. The van der Waals surface area contributed by atoms with Crippen molar-refractivity contribution in [1.29, 1.82) is 0 Å². The molecule has 0 unspecified atom stereocenters. The lowest BCUT2D eigenvalue weighted by atomic mass is 10.2. The number of sulfonamides is 1. The number of hydrogen-bond acceptors (Lipinski definition) is 6. The van der Waals surface area contributed by atoms with Gasteiger partial charge in [-0.15, -0.1) is 10.2 Å². The topological polar surface area (TPSA) is 93.4 Å². The van der Waals surface area contributed by atoms with Crippen LogP contribution in [-0.4, -0.2) is 34.7 Å². The second-order valence-electron chi connectivity index (χ2n) is 6.60. The van der Waals surface area contributed by atoms with E-state index in [1.54, 1.807) is 26.0 Å². The Hall–Kier alpha value is -2.84. The molecule has 0 radical (unpaired) electrons. The molecule has 0 atom stereocenters. The first kappa shape index (κ1) is 19.9. The van der Waals surface area contributed by atoms with Crippen LogP contribution in [0.4, 0.5) is 0 Å². The molecule has 0 bridgehead atoms. The maximum Gasteiger partial charge on any atom is 0.247 e. The molecule has 8 heteroatoms. The Bertz CT molecular complexity index is 1080. The van der Waals surface area contributed by atoms with E-state index >= 15 is 0 Å². The quantitative estimate of drug-likeness (QED) is 0.564. The fourth-order valence-electron chi connectivity index (χ4n) is 2.70. The van der Waals surface area contributed by atoms with Crippen molar-refractivity contribution in [1.82, 2.24) is 14.5 Å². The number of carbonyl (C=O) groups is 1. The van der Waals surface area contributed by atoms with Crippen LogP contribution >= 0.6 is 0 Å². The highest BCUT2D eigenvalue weighted by atomic mass is 32.2. The zero-order valence-corrected chi connectivity index (χ0v) is 16.7. The number of rotatable bonds is 7. The number of ketones is 1. The van der Waals surface area contributed by atoms with Crippen molar-refractivity contribution in [3.63, 3.8) is 0 Å². The van der Waals surface area contributed by atoms with Gasteiger partial charge in [-0.2, -0.15) is 4.31 Å². The molecule has 1 aromatic heterocycles. The van der Waals surface area contributed by atoms with Gasteiger partial charge in [-0.1, -0.05) is 30.3 Å². The molecule has 0 amide bonds. The van der Waals surface area contributed by atoms with Gasteiger partial charge in [-0.25, -0.2) is 8.42 Å². The minimum Gasteiger partial charge on any atom is -0.419 e. The van der Waals surface area contributed by atoms with Gasteiger partial charge >= 0.3 is 0 Å². The molecular weight excluding hydrogens is 378 g/mol. The van der Waals surface area contributed by atoms with Gasteiger partial charge < -0.3 is 4.42 Å². The number of nitrogens with zero attached hydrogens (tertiary/aromatic N) is 3. The average molecular weight is 399 g/mol. The van der Waals surface area contributed by atoms with Crippen molar-refractivity contribution in [3.05, 3.63) is 66.1 Å². The summed E-state index contributed by atoms with van der Waals surface area (Å²) in [6, 6.07) is 14.9. The van der Waals surface area contributed by atoms with Gasteiger partial charge in [0.15, 0.2) is 5.78 Å². The van der Waals surface area contributed by atoms with Crippen LogP contribution in [0.3, 0.4) is 0 Å². The Morgan fingerprint density at radius 1 is 1.07 bits per heavy atom. The fourth-order valence-corrected chi connectivity index (χ4v) is 4.34. The largest absolute Gasteiger partial charge is 0.419 e. The molecule has 0 aliphatic heterocycles. The Morgan fingerprint density at radius 2 is 1.79 bits per heavy atom. The van der Waals surface area contributed by atoms with Crippen molar-refractivity contribution < 1.29 is 17.6 Å². The monoisotopic (exact) mass is 399 g/mol. The second kappa shape index (κ2) is 8.04. The summed E-state index contributed by atoms with van der Waals surface area (Å²) in [4.78, 5) is 11.7. The Kier molecular flexibility index (Phi) is 5.71. The van der Waals surface area contributed by atoms with Gasteiger partial charge in [0.25, 0.3) is 0 Å². The molecule has 3 rings (SSSR count). The number of aromatic nitrogens is 2. The standard InChI is InChI=1S/C20H21N3O4S/c1-14(2)23(28(25,26)18-11-7-10-17(12-18)15(3)24)13-19-21-22-20(27-19)16-8-5-4-6-9-16/h4-12,14H,13H2,1-3H3. The summed E-state index contributed by atoms with van der Waals surface area (Å²) in [5.41, 5.74) is 1.10. The highest BCUT2D eigenvalue weighted by molar-refractivity contribution is 7.89. The number of hydrogen-bond donors (Lipinski definition) is 0. The van der Waals surface area contributed by atoms with Crippen molar-refractivity contribution >= 4 is 15.8 Å². The van der Waals surface area contributed by atoms with E-state index in [9.17, 15) is 13.2 Å². The maximum atomic E-state index is 13.2. The van der Waals surface area contributed by atoms with E-state index in [1.807, 2.05) is 30.3 Å². The normalized spacial score (nSPS) is 11.9. The third kappa shape index (κ3) is 4.18. The minimum absolute atomic E-state index is 0.0525. The summed E-state index contributed by atoms with van der Waals surface area (Å²) in [6.07, 6.45) is 0. The summed E-state index contributed by atoms with van der Waals surface area (Å²) in [5, 5.41) is 8.00. The van der Waals surface area contributed by atoms with E-state index in [4.69, 9.17) is 4.42 Å². The first-order chi connectivity index (χ1) is 13.3. The molecule has 0 spiro atoms. The van der Waals surface area contributed by atoms with Crippen LogP contribution < -0.4 is 0 Å². The van der Waals surface area contributed by atoms with E-state index in [0.717, 1.165) is 5.56 Å². The number of carbonyl (C=O) groups excluding carboxylic acids is 1. The predicted octanol–water partition coefficient (Wildman–Crippen LogP) is 3.54. The molecule has 0 fully saturated rings. The van der Waals surface area contributed by atoms with Crippen LogP contribution in [0, 0.1) is 0 Å². The van der Waals surface area contributed by atoms with Crippen LogP contribution in [0.25, 0.3) is 11.5 Å². The summed E-state index contributed by atoms with van der Waals surface area (Å²) >= 11 is 0. The highest BCUT2D eigenvalue weighted by Gasteiger charge is 2.29. The molecule has 28 heavy (non-hydrogen) atoms. The van der Waals surface area contributed by atoms with E-state index in [2.05, 4.69) is 10.2 Å². The lowest BCUT2D eigenvalue weighted by molar-refractivity contribution is 0.101. The number of benzene rings is 2. The van der Waals surface area contributed by atoms with Gasteiger partial charge in [-0.3, -0.25) is 4.79 Å². The van der Waals surface area contributed by atoms with E-state index in [1.165, 1.54) is 23.4 Å². The van der Waals surface area contributed by atoms with E-state index in [0.29, 0.717) is 11.5 Å². The van der Waals surface area contributed by atoms with Crippen molar-refractivity contribution in [2.75, 3.05) is 0 Å². The molecule has 0 N–H and O–H groups in total. The highest BCUT2D eigenvalue weighted by Crippen LogP contribution is 2.23. The zero-order chi connectivity index (χ0) is 20.3. The van der Waals surface area contributed by atoms with Gasteiger partial charge in [0.2, 0.25) is 21.8 Å². The lowest BCUT2D eigenvalue weighted by Crippen LogP contribution is -2.36. The Balaban J connectivity index is 1.91. The molecule has 2 aromatic carbocycles. The first-order valence-corrected chi connectivity index (χ1v) is 10.2. The maximum absolute atomic E-state index is 13.2. The third-order valence-corrected chi connectivity index (χ3v) is 6.22. The van der Waals surface area contributed by atoms with Crippen LogP contribution in [-0.2, 0) is 16.6 Å². The molecule has 3 aromatic rings. The molecule has 146 valence electrons. The van der Waals surface area contributed by atoms with E-state index in [-0.39, 0.29) is 29.2 Å². The van der Waals surface area contributed by atoms with Crippen molar-refractivity contribution in [2.24, 2.45) is 0 Å². The molecule has 0 saturated heterocycles. The lowest BCUT2D eigenvalue weighted by Gasteiger charge is -2.24. The molecule has 0 saturated carbocycles. The van der Waals surface area contributed by atoms with Crippen LogP contribution in [0.5, 0.6) is 0 Å². The average Bonchev–Trinajstić information content (AvgIpc) is 3.15. The van der Waals surface area contributed by atoms with Gasteiger partial charge in [0.1, 0.15) is 0 Å². The van der Waals surface area contributed by atoms with Crippen molar-refractivity contribution in [3.8, 4) is 11.5 Å². The zero-order valence-electron chi connectivity index (χ0n) is 15.9. The summed E-state index contributed by atoms with van der Waals surface area (Å²) in [6.45, 7) is 4.86. The van der Waals surface area contributed by atoms with Crippen LogP contribution in [0.2, 0.25) is 0 Å². The molecule has 1 heterocycles. The molecule has 7 nitrogen and oxygen atoms in total. The molecule has 0 aliphatic carbocycles. The van der Waals surface area contributed by atoms with Crippen LogP contribution in [0.15, 0.2) is 63.9 Å². The SMILES string of the molecule is CC(=O)c1cccc(S(=O)(=O)N(Cc2nnc(-c3ccccc3)o2)C(C)C)c1. The first-order valence-electron chi connectivity index (χ1n) is 8.79. The van der Waals surface area contributed by atoms with E-state index < -0.39 is 10.0 Å². The van der Waals surface area contributed by atoms with Crippen LogP contribution in [0.1, 0.15) is 37.0 Å². The molecule has 0 aliphatic rings. The van der Waals surface area contributed by atoms with Gasteiger partial charge in [0, 0.05) is 17.2 Å².